The molecule has 2 aromatic rings. The fraction of sp³-hybridized carbons (Fsp3) is 0.417. The number of amides is 2. The van der Waals surface area contributed by atoms with Gasteiger partial charge in [0.25, 0.3) is 0 Å². The Labute approximate surface area is 199 Å². The molecule has 0 aliphatic heterocycles. The number of carbonyl (C=O) groups is 2. The van der Waals surface area contributed by atoms with Crippen molar-refractivity contribution in [3.05, 3.63) is 63.6 Å². The van der Waals surface area contributed by atoms with Crippen LogP contribution in [0.5, 0.6) is 0 Å². The first-order valence-corrected chi connectivity index (χ1v) is 12.2. The minimum absolute atomic E-state index is 0.0144. The molecule has 1 atom stereocenters. The van der Waals surface area contributed by atoms with Crippen molar-refractivity contribution in [3.63, 3.8) is 0 Å². The summed E-state index contributed by atoms with van der Waals surface area (Å²) in [6.07, 6.45) is 0.809. The molecule has 0 bridgehead atoms. The highest BCUT2D eigenvalue weighted by atomic mass is 35.5. The van der Waals surface area contributed by atoms with Crippen molar-refractivity contribution in [3.8, 4) is 0 Å². The van der Waals surface area contributed by atoms with E-state index in [1.807, 2.05) is 27.7 Å². The second-order valence-electron chi connectivity index (χ2n) is 7.72. The number of rotatable bonds is 10. The Morgan fingerprint density at radius 3 is 2.23 bits per heavy atom. The third kappa shape index (κ3) is 7.74. The van der Waals surface area contributed by atoms with Crippen molar-refractivity contribution >= 4 is 46.8 Å². The maximum Gasteiger partial charge on any atom is 0.243 e. The molecule has 0 aliphatic rings. The van der Waals surface area contributed by atoms with Crippen molar-refractivity contribution in [2.24, 2.45) is 0 Å². The molecule has 0 radical (unpaired) electrons. The zero-order chi connectivity index (χ0) is 23.0. The summed E-state index contributed by atoms with van der Waals surface area (Å²) in [5.41, 5.74) is 1.85. The van der Waals surface area contributed by atoms with Gasteiger partial charge in [-0.3, -0.25) is 9.59 Å². The Bertz CT molecular complexity index is 867. The molecule has 2 amide bonds. The maximum atomic E-state index is 13.3. The largest absolute Gasteiger partial charge is 0.352 e. The van der Waals surface area contributed by atoms with E-state index in [0.29, 0.717) is 34.2 Å². The topological polar surface area (TPSA) is 49.4 Å². The number of thioether (sulfide) groups is 1. The number of halogens is 2. The average molecular weight is 481 g/mol. The van der Waals surface area contributed by atoms with E-state index in [4.69, 9.17) is 23.2 Å². The molecule has 168 valence electrons. The van der Waals surface area contributed by atoms with Crippen molar-refractivity contribution in [2.75, 3.05) is 5.75 Å². The van der Waals surface area contributed by atoms with Gasteiger partial charge >= 0.3 is 0 Å². The normalized spacial score (nSPS) is 12.0. The molecule has 0 aromatic heterocycles. The van der Waals surface area contributed by atoms with Crippen molar-refractivity contribution in [2.45, 2.75) is 64.1 Å². The molecular weight excluding hydrogens is 451 g/mol. The average Bonchev–Trinajstić information content (AvgIpc) is 2.70. The molecule has 31 heavy (non-hydrogen) atoms. The fourth-order valence-electron chi connectivity index (χ4n) is 3.19. The van der Waals surface area contributed by atoms with E-state index in [1.165, 1.54) is 5.56 Å². The van der Waals surface area contributed by atoms with Gasteiger partial charge in [0.1, 0.15) is 6.04 Å². The lowest BCUT2D eigenvalue weighted by molar-refractivity contribution is -0.141. The summed E-state index contributed by atoms with van der Waals surface area (Å²) >= 11 is 14.3. The fourth-order valence-corrected chi connectivity index (χ4v) is 4.55. The van der Waals surface area contributed by atoms with Crippen LogP contribution in [0.4, 0.5) is 0 Å². The minimum Gasteiger partial charge on any atom is -0.352 e. The summed E-state index contributed by atoms with van der Waals surface area (Å²) in [6.45, 7) is 7.94. The lowest BCUT2D eigenvalue weighted by Gasteiger charge is -2.31. The molecular formula is C24H30Cl2N2O2S. The number of hydrogen-bond donors (Lipinski definition) is 1. The van der Waals surface area contributed by atoms with Gasteiger partial charge in [0.05, 0.1) is 0 Å². The number of nitrogens with zero attached hydrogens (tertiary/aromatic N) is 1. The second-order valence-corrected chi connectivity index (χ2v) is 9.70. The van der Waals surface area contributed by atoms with Crippen LogP contribution >= 0.6 is 35.0 Å². The Morgan fingerprint density at radius 1 is 1.06 bits per heavy atom. The summed E-state index contributed by atoms with van der Waals surface area (Å²) < 4.78 is 0. The van der Waals surface area contributed by atoms with Crippen LogP contribution in [0.25, 0.3) is 0 Å². The van der Waals surface area contributed by atoms with Crippen molar-refractivity contribution in [1.82, 2.24) is 10.2 Å². The van der Waals surface area contributed by atoms with Crippen LogP contribution in [0, 0.1) is 6.92 Å². The predicted octanol–water partition coefficient (Wildman–Crippen LogP) is 6.12. The number of aryl methyl sites for hydroxylation is 1. The van der Waals surface area contributed by atoms with Gasteiger partial charge in [0, 0.05) is 45.3 Å². The van der Waals surface area contributed by atoms with Crippen LogP contribution in [0.1, 0.15) is 44.7 Å². The molecule has 0 aliphatic carbocycles. The summed E-state index contributed by atoms with van der Waals surface area (Å²) in [5, 5.41) is 3.90. The molecule has 0 spiro atoms. The number of nitrogens with one attached hydrogen (secondary N) is 1. The Hall–Kier alpha value is -1.69. The summed E-state index contributed by atoms with van der Waals surface area (Å²) in [6, 6.07) is 12.9. The SMILES string of the molecule is CC[C@@H](C(=O)NC(C)C)N(Cc1c(Cl)cccc1Cl)C(=O)CCSc1ccc(C)cc1. The van der Waals surface area contributed by atoms with E-state index < -0.39 is 6.04 Å². The molecule has 4 nitrogen and oxygen atoms in total. The first-order chi connectivity index (χ1) is 14.7. The van der Waals surface area contributed by atoms with Crippen LogP contribution in [-0.2, 0) is 16.1 Å². The third-order valence-corrected chi connectivity index (χ3v) is 6.53. The van der Waals surface area contributed by atoms with Gasteiger partial charge in [-0.2, -0.15) is 0 Å². The standard InChI is InChI=1S/C24H30Cl2N2O2S/c1-5-22(24(30)27-16(2)3)28(15-19-20(25)7-6-8-21(19)26)23(29)13-14-31-18-11-9-17(4)10-12-18/h6-12,16,22H,5,13-15H2,1-4H3,(H,27,30)/t22-/m0/s1. The summed E-state index contributed by atoms with van der Waals surface area (Å²) in [4.78, 5) is 28.8. The quantitative estimate of drug-likeness (QED) is 0.416. The van der Waals surface area contributed by atoms with E-state index in [1.54, 1.807) is 34.9 Å². The molecule has 0 heterocycles. The molecule has 0 saturated heterocycles. The molecule has 0 fully saturated rings. The summed E-state index contributed by atoms with van der Waals surface area (Å²) in [7, 11) is 0. The van der Waals surface area contributed by atoms with Crippen LogP contribution in [0.2, 0.25) is 10.0 Å². The number of hydrogen-bond acceptors (Lipinski definition) is 3. The van der Waals surface area contributed by atoms with Crippen molar-refractivity contribution in [1.29, 1.82) is 0 Å². The zero-order valence-corrected chi connectivity index (χ0v) is 20.8. The van der Waals surface area contributed by atoms with Gasteiger partial charge in [-0.05, 0) is 51.5 Å². The monoisotopic (exact) mass is 480 g/mol. The van der Waals surface area contributed by atoms with Gasteiger partial charge in [-0.15, -0.1) is 11.8 Å². The summed E-state index contributed by atoms with van der Waals surface area (Å²) in [5.74, 6) is 0.359. The molecule has 7 heteroatoms. The number of carbonyl (C=O) groups excluding carboxylic acids is 2. The first kappa shape index (κ1) is 25.6. The van der Waals surface area contributed by atoms with Gasteiger partial charge in [0.2, 0.25) is 11.8 Å². The van der Waals surface area contributed by atoms with Gasteiger partial charge < -0.3 is 10.2 Å². The maximum absolute atomic E-state index is 13.3. The molecule has 2 aromatic carbocycles. The van der Waals surface area contributed by atoms with Crippen LogP contribution in [0.3, 0.4) is 0 Å². The molecule has 0 saturated carbocycles. The van der Waals surface area contributed by atoms with Crippen molar-refractivity contribution < 1.29 is 9.59 Å². The van der Waals surface area contributed by atoms with E-state index in [-0.39, 0.29) is 24.4 Å². The predicted molar refractivity (Wildman–Crippen MR) is 131 cm³/mol. The Morgan fingerprint density at radius 2 is 1.68 bits per heavy atom. The lowest BCUT2D eigenvalue weighted by atomic mass is 10.1. The molecule has 0 unspecified atom stereocenters. The Balaban J connectivity index is 2.19. The lowest BCUT2D eigenvalue weighted by Crippen LogP contribution is -2.50. The van der Waals surface area contributed by atoms with Crippen LogP contribution in [-0.4, -0.2) is 34.6 Å². The first-order valence-electron chi connectivity index (χ1n) is 10.4. The number of benzene rings is 2. The molecule has 2 rings (SSSR count). The van der Waals surface area contributed by atoms with Crippen LogP contribution < -0.4 is 5.32 Å². The highest BCUT2D eigenvalue weighted by Crippen LogP contribution is 2.28. The van der Waals surface area contributed by atoms with Crippen LogP contribution in [0.15, 0.2) is 47.4 Å². The smallest absolute Gasteiger partial charge is 0.243 e. The van der Waals surface area contributed by atoms with E-state index in [2.05, 4.69) is 29.6 Å². The van der Waals surface area contributed by atoms with E-state index >= 15 is 0 Å². The minimum atomic E-state index is -0.591. The zero-order valence-electron chi connectivity index (χ0n) is 18.5. The third-order valence-electron chi connectivity index (χ3n) is 4.81. The van der Waals surface area contributed by atoms with Gasteiger partial charge in [0.15, 0.2) is 0 Å². The highest BCUT2D eigenvalue weighted by Gasteiger charge is 2.29. The van der Waals surface area contributed by atoms with Gasteiger partial charge in [-0.25, -0.2) is 0 Å². The molecule has 1 N–H and O–H groups in total. The van der Waals surface area contributed by atoms with E-state index in [0.717, 1.165) is 4.90 Å². The van der Waals surface area contributed by atoms with Gasteiger partial charge in [-0.1, -0.05) is 53.9 Å². The Kier molecular flexibility index (Phi) is 10.2. The second kappa shape index (κ2) is 12.4. The van der Waals surface area contributed by atoms with E-state index in [9.17, 15) is 9.59 Å². The highest BCUT2D eigenvalue weighted by molar-refractivity contribution is 7.99.